The van der Waals surface area contributed by atoms with Crippen LogP contribution < -0.4 is 10.0 Å². The van der Waals surface area contributed by atoms with E-state index in [0.717, 1.165) is 21.7 Å². The van der Waals surface area contributed by atoms with Crippen LogP contribution in [0, 0.1) is 12.8 Å². The highest BCUT2D eigenvalue weighted by Gasteiger charge is 2.37. The number of benzene rings is 2. The Morgan fingerprint density at radius 1 is 1.21 bits per heavy atom. The Morgan fingerprint density at radius 2 is 1.88 bits per heavy atom. The number of rotatable bonds is 4. The summed E-state index contributed by atoms with van der Waals surface area (Å²) in [6.07, 6.45) is 0. The van der Waals surface area contributed by atoms with Gasteiger partial charge in [-0.25, -0.2) is 0 Å². The molecule has 1 heterocycles. The van der Waals surface area contributed by atoms with E-state index in [9.17, 15) is 14.7 Å². The Bertz CT molecular complexity index is 772. The van der Waals surface area contributed by atoms with Crippen LogP contribution in [0.1, 0.15) is 18.1 Å². The van der Waals surface area contributed by atoms with Crippen molar-refractivity contribution in [1.82, 2.24) is 0 Å². The summed E-state index contributed by atoms with van der Waals surface area (Å²) in [7, 11) is 0. The molecule has 0 fully saturated rings. The summed E-state index contributed by atoms with van der Waals surface area (Å²) in [5.41, 5.74) is 2.99. The molecule has 0 aliphatic carbocycles. The van der Waals surface area contributed by atoms with E-state index < -0.39 is 17.1 Å². The average Bonchev–Trinajstić information content (AvgIpc) is 2.58. The lowest BCUT2D eigenvalue weighted by Gasteiger charge is -2.36. The Hall–Kier alpha value is -2.27. The molecule has 5 heteroatoms. The van der Waals surface area contributed by atoms with Crippen LogP contribution in [0.3, 0.4) is 0 Å². The number of thioether (sulfide) groups is 1. The van der Waals surface area contributed by atoms with Crippen molar-refractivity contribution in [3.8, 4) is 0 Å². The first-order valence-electron chi connectivity index (χ1n) is 7.81. The molecule has 1 aliphatic heterocycles. The lowest BCUT2D eigenvalue weighted by molar-refractivity contribution is -0.310. The van der Waals surface area contributed by atoms with Crippen LogP contribution in [0.25, 0.3) is 0 Å². The standard InChI is InChI=1S/C19H19NO3S/c1-12-7-9-14(10-8-12)11-20-15-5-3-4-6-16(15)24-17(18(20)21)13(2)19(22)23/h3-10,13,17H,11H2,1-2H3,(H,22,23)/p-1. The zero-order valence-electron chi connectivity index (χ0n) is 13.6. The highest BCUT2D eigenvalue weighted by molar-refractivity contribution is 8.01. The number of carbonyl (C=O) groups is 2. The fourth-order valence-corrected chi connectivity index (χ4v) is 3.99. The number of carboxylic acids is 1. The van der Waals surface area contributed by atoms with Crippen molar-refractivity contribution >= 4 is 29.3 Å². The van der Waals surface area contributed by atoms with Gasteiger partial charge in [-0.3, -0.25) is 4.79 Å². The third-order valence-electron chi connectivity index (χ3n) is 4.21. The van der Waals surface area contributed by atoms with Gasteiger partial charge >= 0.3 is 0 Å². The first kappa shape index (κ1) is 16.6. The fraction of sp³-hybridized carbons (Fsp3) is 0.263. The maximum atomic E-state index is 12.9. The van der Waals surface area contributed by atoms with E-state index in [0.29, 0.717) is 6.54 Å². The molecule has 0 aromatic heterocycles. The number of carboxylic acid groups (broad SMARTS) is 1. The predicted octanol–water partition coefficient (Wildman–Crippen LogP) is 2.39. The highest BCUT2D eigenvalue weighted by Crippen LogP contribution is 2.42. The van der Waals surface area contributed by atoms with Gasteiger partial charge in [0.15, 0.2) is 0 Å². The second-order valence-corrected chi connectivity index (χ2v) is 7.21. The first-order chi connectivity index (χ1) is 11.5. The number of hydrogen-bond acceptors (Lipinski definition) is 4. The molecule has 0 saturated heterocycles. The third kappa shape index (κ3) is 3.17. The maximum absolute atomic E-state index is 12.9. The molecule has 0 bridgehead atoms. The number of aliphatic carboxylic acids is 1. The van der Waals surface area contributed by atoms with Gasteiger partial charge in [0.25, 0.3) is 0 Å². The molecule has 0 N–H and O–H groups in total. The lowest BCUT2D eigenvalue weighted by atomic mass is 10.0. The van der Waals surface area contributed by atoms with Crippen molar-refractivity contribution in [2.45, 2.75) is 30.5 Å². The van der Waals surface area contributed by atoms with Crippen LogP contribution in [0.5, 0.6) is 0 Å². The van der Waals surface area contributed by atoms with Crippen molar-refractivity contribution in [3.05, 3.63) is 59.7 Å². The van der Waals surface area contributed by atoms with E-state index in [2.05, 4.69) is 0 Å². The number of fused-ring (bicyclic) bond motifs is 1. The molecule has 2 atom stereocenters. The van der Waals surface area contributed by atoms with E-state index in [4.69, 9.17) is 0 Å². The molecule has 0 radical (unpaired) electrons. The minimum absolute atomic E-state index is 0.184. The molecule has 1 amide bonds. The largest absolute Gasteiger partial charge is 0.550 e. The Balaban J connectivity index is 1.97. The molecular weight excluding hydrogens is 322 g/mol. The second kappa shape index (κ2) is 6.69. The van der Waals surface area contributed by atoms with E-state index >= 15 is 0 Å². The van der Waals surface area contributed by atoms with Crippen LogP contribution >= 0.6 is 11.8 Å². The molecule has 2 aromatic carbocycles. The van der Waals surface area contributed by atoms with Gasteiger partial charge in [-0.2, -0.15) is 0 Å². The van der Waals surface area contributed by atoms with Crippen LogP contribution in [0.2, 0.25) is 0 Å². The zero-order chi connectivity index (χ0) is 17.3. The monoisotopic (exact) mass is 340 g/mol. The van der Waals surface area contributed by atoms with Crippen molar-refractivity contribution in [2.24, 2.45) is 5.92 Å². The van der Waals surface area contributed by atoms with Gasteiger partial charge in [0.05, 0.1) is 17.5 Å². The molecule has 124 valence electrons. The predicted molar refractivity (Wildman–Crippen MR) is 92.6 cm³/mol. The molecule has 4 nitrogen and oxygen atoms in total. The molecule has 0 saturated carbocycles. The minimum Gasteiger partial charge on any atom is -0.550 e. The number of amides is 1. The van der Waals surface area contributed by atoms with Crippen molar-refractivity contribution in [1.29, 1.82) is 0 Å². The van der Waals surface area contributed by atoms with E-state index in [1.54, 1.807) is 4.90 Å². The smallest absolute Gasteiger partial charge is 0.241 e. The number of anilines is 1. The molecule has 2 unspecified atom stereocenters. The topological polar surface area (TPSA) is 60.4 Å². The van der Waals surface area contributed by atoms with Crippen LogP contribution in [-0.2, 0) is 16.1 Å². The molecule has 2 aromatic rings. The molecule has 1 aliphatic rings. The van der Waals surface area contributed by atoms with Gasteiger partial charge < -0.3 is 14.8 Å². The summed E-state index contributed by atoms with van der Waals surface area (Å²) in [5, 5.41) is 10.6. The second-order valence-electron chi connectivity index (χ2n) is 6.02. The van der Waals surface area contributed by atoms with Crippen molar-refractivity contribution in [3.63, 3.8) is 0 Å². The minimum atomic E-state index is -1.20. The molecule has 3 rings (SSSR count). The first-order valence-corrected chi connectivity index (χ1v) is 8.69. The van der Waals surface area contributed by atoms with E-state index in [1.807, 2.05) is 55.5 Å². The summed E-state index contributed by atoms with van der Waals surface area (Å²) in [5.74, 6) is -2.23. The number of carbonyl (C=O) groups excluding carboxylic acids is 2. The Morgan fingerprint density at radius 3 is 2.54 bits per heavy atom. The van der Waals surface area contributed by atoms with Crippen molar-refractivity contribution < 1.29 is 14.7 Å². The number of nitrogens with zero attached hydrogens (tertiary/aromatic N) is 1. The molecular formula is C19H18NO3S-. The summed E-state index contributed by atoms with van der Waals surface area (Å²) in [4.78, 5) is 26.8. The van der Waals surface area contributed by atoms with Crippen molar-refractivity contribution in [2.75, 3.05) is 4.90 Å². The lowest BCUT2D eigenvalue weighted by Crippen LogP contribution is -2.47. The van der Waals surface area contributed by atoms with Crippen LogP contribution in [0.15, 0.2) is 53.4 Å². The van der Waals surface area contributed by atoms with Crippen LogP contribution in [-0.4, -0.2) is 17.1 Å². The quantitative estimate of drug-likeness (QED) is 0.857. The normalized spacial score (nSPS) is 18.2. The molecule has 0 spiro atoms. The average molecular weight is 340 g/mol. The highest BCUT2D eigenvalue weighted by atomic mass is 32.2. The fourth-order valence-electron chi connectivity index (χ4n) is 2.72. The Kier molecular flexibility index (Phi) is 4.62. The summed E-state index contributed by atoms with van der Waals surface area (Å²) >= 11 is 1.31. The van der Waals surface area contributed by atoms with Gasteiger partial charge in [-0.1, -0.05) is 48.9 Å². The SMILES string of the molecule is Cc1ccc(CN2C(=O)C(C(C)C(=O)[O-])Sc3ccccc32)cc1. The molecule has 24 heavy (non-hydrogen) atoms. The zero-order valence-corrected chi connectivity index (χ0v) is 14.4. The van der Waals surface area contributed by atoms with Gasteiger partial charge in [-0.05, 0) is 24.6 Å². The summed E-state index contributed by atoms with van der Waals surface area (Å²) in [6.45, 7) is 3.97. The third-order valence-corrected chi connectivity index (χ3v) is 5.67. The number of para-hydroxylation sites is 1. The number of aryl methyl sites for hydroxylation is 1. The van der Waals surface area contributed by atoms with Gasteiger partial charge in [-0.15, -0.1) is 11.8 Å². The van der Waals surface area contributed by atoms with E-state index in [-0.39, 0.29) is 5.91 Å². The van der Waals surface area contributed by atoms with Gasteiger partial charge in [0.1, 0.15) is 0 Å². The van der Waals surface area contributed by atoms with E-state index in [1.165, 1.54) is 18.7 Å². The van der Waals surface area contributed by atoms with Gasteiger partial charge in [0, 0.05) is 16.8 Å². The summed E-state index contributed by atoms with van der Waals surface area (Å²) in [6, 6.07) is 15.6. The maximum Gasteiger partial charge on any atom is 0.241 e. The van der Waals surface area contributed by atoms with Crippen LogP contribution in [0.4, 0.5) is 5.69 Å². The number of hydrogen-bond donors (Lipinski definition) is 0. The Labute approximate surface area is 145 Å². The van der Waals surface area contributed by atoms with Gasteiger partial charge in [0.2, 0.25) is 5.91 Å². The summed E-state index contributed by atoms with van der Waals surface area (Å²) < 4.78 is 0.